The number of hydrogen-bond donors (Lipinski definition) is 2. The minimum absolute atomic E-state index is 0.00837. The number of aromatic nitrogens is 1. The smallest absolute Gasteiger partial charge is 0.252 e. The second-order valence-corrected chi connectivity index (χ2v) is 11.4. The summed E-state index contributed by atoms with van der Waals surface area (Å²) < 4.78 is 0. The van der Waals surface area contributed by atoms with Crippen molar-refractivity contribution >= 4 is 11.7 Å². The fourth-order valence-electron chi connectivity index (χ4n) is 5.22. The number of amides is 1. The third kappa shape index (κ3) is 14.8. The van der Waals surface area contributed by atoms with E-state index in [0.717, 1.165) is 57.9 Å². The van der Waals surface area contributed by atoms with Gasteiger partial charge in [0.25, 0.3) is 5.91 Å². The van der Waals surface area contributed by atoms with Crippen molar-refractivity contribution < 1.29 is 9.90 Å². The highest BCUT2D eigenvalue weighted by atomic mass is 16.2. The average Bonchev–Trinajstić information content (AvgIpc) is 2.90. The van der Waals surface area contributed by atoms with E-state index >= 15 is 0 Å². The van der Waals surface area contributed by atoms with Gasteiger partial charge in [0.1, 0.15) is 5.82 Å². The van der Waals surface area contributed by atoms with Crippen LogP contribution < -0.4 is 10.2 Å². The highest BCUT2D eigenvalue weighted by molar-refractivity contribution is 5.94. The summed E-state index contributed by atoms with van der Waals surface area (Å²) in [6.07, 6.45) is 20.9. The molecule has 0 radical (unpaired) electrons. The van der Waals surface area contributed by atoms with Crippen LogP contribution in [0.15, 0.2) is 18.3 Å². The van der Waals surface area contributed by atoms with E-state index in [1.54, 1.807) is 6.20 Å². The molecule has 1 fully saturated rings. The third-order valence-electron chi connectivity index (χ3n) is 7.45. The topological polar surface area (TPSA) is 68.7 Å². The van der Waals surface area contributed by atoms with Gasteiger partial charge in [0.05, 0.1) is 5.56 Å². The number of nitrogens with one attached hydrogen (secondary N) is 1. The lowest BCUT2D eigenvalue weighted by atomic mass is 10.0. The van der Waals surface area contributed by atoms with Gasteiger partial charge in [0.15, 0.2) is 0 Å². The van der Waals surface area contributed by atoms with Crippen molar-refractivity contribution in [2.45, 2.75) is 110 Å². The fourth-order valence-corrected chi connectivity index (χ4v) is 5.22. The molecule has 1 aliphatic rings. The molecule has 6 heteroatoms. The molecule has 212 valence electrons. The second kappa shape index (κ2) is 20.3. The van der Waals surface area contributed by atoms with Crippen LogP contribution in [0.4, 0.5) is 5.82 Å². The van der Waals surface area contributed by atoms with E-state index in [4.69, 9.17) is 5.11 Å². The monoisotopic (exact) mass is 516 g/mol. The molecule has 37 heavy (non-hydrogen) atoms. The van der Waals surface area contributed by atoms with E-state index in [-0.39, 0.29) is 5.91 Å². The van der Waals surface area contributed by atoms with Crippen molar-refractivity contribution in [3.63, 3.8) is 0 Å². The third-order valence-corrected chi connectivity index (χ3v) is 7.45. The Hall–Kier alpha value is -1.66. The van der Waals surface area contributed by atoms with Crippen LogP contribution in [0.3, 0.4) is 0 Å². The number of anilines is 1. The van der Waals surface area contributed by atoms with Crippen molar-refractivity contribution in [3.8, 4) is 0 Å². The molecule has 1 aliphatic heterocycles. The Morgan fingerprint density at radius 1 is 0.811 bits per heavy atom. The molecule has 1 aromatic heterocycles. The lowest BCUT2D eigenvalue weighted by Gasteiger charge is -2.36. The SMILES string of the molecule is CC(C)CN1CCN(c2ccc(C(=O)NCCCCCCCCCCCCCCCCCO)cn2)CC1. The van der Waals surface area contributed by atoms with E-state index in [0.29, 0.717) is 18.1 Å². The van der Waals surface area contributed by atoms with Crippen LogP contribution >= 0.6 is 0 Å². The van der Waals surface area contributed by atoms with Gasteiger partial charge < -0.3 is 15.3 Å². The molecule has 1 saturated heterocycles. The summed E-state index contributed by atoms with van der Waals surface area (Å²) in [7, 11) is 0. The fraction of sp³-hybridized carbons (Fsp3) is 0.806. The van der Waals surface area contributed by atoms with Crippen LogP contribution in [-0.2, 0) is 0 Å². The molecule has 0 spiro atoms. The first-order chi connectivity index (χ1) is 18.1. The quantitative estimate of drug-likeness (QED) is 0.184. The number of aliphatic hydroxyl groups is 1. The predicted octanol–water partition coefficient (Wildman–Crippen LogP) is 6.43. The van der Waals surface area contributed by atoms with Crippen LogP contribution in [0.25, 0.3) is 0 Å². The Morgan fingerprint density at radius 2 is 1.32 bits per heavy atom. The highest BCUT2D eigenvalue weighted by Crippen LogP contribution is 2.16. The zero-order valence-electron chi connectivity index (χ0n) is 24.1. The number of nitrogens with zero attached hydrogens (tertiary/aromatic N) is 3. The van der Waals surface area contributed by atoms with Gasteiger partial charge >= 0.3 is 0 Å². The number of carbonyl (C=O) groups is 1. The maximum Gasteiger partial charge on any atom is 0.252 e. The van der Waals surface area contributed by atoms with Crippen molar-refractivity contribution in [1.29, 1.82) is 0 Å². The van der Waals surface area contributed by atoms with Gasteiger partial charge in [-0.05, 0) is 30.9 Å². The van der Waals surface area contributed by atoms with Crippen molar-refractivity contribution in [2.75, 3.05) is 50.8 Å². The van der Waals surface area contributed by atoms with Gasteiger partial charge in [-0.2, -0.15) is 0 Å². The lowest BCUT2D eigenvalue weighted by Crippen LogP contribution is -2.47. The van der Waals surface area contributed by atoms with E-state index < -0.39 is 0 Å². The van der Waals surface area contributed by atoms with Crippen molar-refractivity contribution in [1.82, 2.24) is 15.2 Å². The number of hydrogen-bond acceptors (Lipinski definition) is 5. The molecular formula is C31H56N4O2. The van der Waals surface area contributed by atoms with Gasteiger partial charge in [-0.25, -0.2) is 4.98 Å². The summed E-state index contributed by atoms with van der Waals surface area (Å²) in [5, 5.41) is 11.8. The summed E-state index contributed by atoms with van der Waals surface area (Å²) in [6.45, 7) is 11.0. The Labute approximate surface area is 227 Å². The molecule has 0 unspecified atom stereocenters. The molecule has 2 heterocycles. The standard InChI is InChI=1S/C31H56N4O2/c1-28(2)27-34-21-23-35(24-22-34)30-19-18-29(26-33-30)31(37)32-20-16-14-12-10-8-6-4-3-5-7-9-11-13-15-17-25-36/h18-19,26,28,36H,3-17,20-25,27H2,1-2H3,(H,32,37). The normalized spacial score (nSPS) is 14.4. The van der Waals surface area contributed by atoms with Crippen LogP contribution in [-0.4, -0.2) is 66.8 Å². The maximum atomic E-state index is 12.5. The number of piperazine rings is 1. The maximum absolute atomic E-state index is 12.5. The van der Waals surface area contributed by atoms with Gasteiger partial charge in [-0.15, -0.1) is 0 Å². The molecule has 0 saturated carbocycles. The molecule has 0 aromatic carbocycles. The molecule has 1 aromatic rings. The molecule has 6 nitrogen and oxygen atoms in total. The van der Waals surface area contributed by atoms with E-state index in [9.17, 15) is 4.79 Å². The second-order valence-electron chi connectivity index (χ2n) is 11.4. The van der Waals surface area contributed by atoms with Crippen LogP contribution in [0.2, 0.25) is 0 Å². The van der Waals surface area contributed by atoms with Crippen LogP contribution in [0.1, 0.15) is 121 Å². The van der Waals surface area contributed by atoms with Crippen molar-refractivity contribution in [2.24, 2.45) is 5.92 Å². The molecular weight excluding hydrogens is 460 g/mol. The number of unbranched alkanes of at least 4 members (excludes halogenated alkanes) is 14. The molecule has 0 atom stereocenters. The van der Waals surface area contributed by atoms with E-state index in [2.05, 4.69) is 33.9 Å². The minimum Gasteiger partial charge on any atom is -0.396 e. The number of carbonyl (C=O) groups excluding carboxylic acids is 1. The predicted molar refractivity (Wildman–Crippen MR) is 156 cm³/mol. The summed E-state index contributed by atoms with van der Waals surface area (Å²) in [6, 6.07) is 3.91. The number of aliphatic hydroxyl groups excluding tert-OH is 1. The number of rotatable bonds is 21. The Bertz CT molecular complexity index is 687. The van der Waals surface area contributed by atoms with Gasteiger partial charge in [-0.1, -0.05) is 97.3 Å². The summed E-state index contributed by atoms with van der Waals surface area (Å²) >= 11 is 0. The largest absolute Gasteiger partial charge is 0.396 e. The first kappa shape index (κ1) is 31.6. The summed E-state index contributed by atoms with van der Waals surface area (Å²) in [4.78, 5) is 21.9. The Balaban J connectivity index is 1.41. The Kier molecular flexibility index (Phi) is 17.3. The lowest BCUT2D eigenvalue weighted by molar-refractivity contribution is 0.0952. The molecule has 2 rings (SSSR count). The average molecular weight is 517 g/mol. The molecule has 0 aliphatic carbocycles. The zero-order valence-corrected chi connectivity index (χ0v) is 24.1. The number of pyridine rings is 1. The van der Waals surface area contributed by atoms with Gasteiger partial charge in [0.2, 0.25) is 0 Å². The first-order valence-corrected chi connectivity index (χ1v) is 15.4. The Morgan fingerprint density at radius 3 is 1.78 bits per heavy atom. The van der Waals surface area contributed by atoms with Gasteiger partial charge in [-0.3, -0.25) is 9.69 Å². The summed E-state index contributed by atoms with van der Waals surface area (Å²) in [5.41, 5.74) is 0.656. The highest BCUT2D eigenvalue weighted by Gasteiger charge is 2.18. The van der Waals surface area contributed by atoms with Crippen LogP contribution in [0.5, 0.6) is 0 Å². The molecule has 0 bridgehead atoms. The zero-order chi connectivity index (χ0) is 26.6. The van der Waals surface area contributed by atoms with Crippen LogP contribution in [0, 0.1) is 5.92 Å². The first-order valence-electron chi connectivity index (χ1n) is 15.4. The van der Waals surface area contributed by atoms with Crippen molar-refractivity contribution in [3.05, 3.63) is 23.9 Å². The summed E-state index contributed by atoms with van der Waals surface area (Å²) in [5.74, 6) is 1.67. The minimum atomic E-state index is -0.00837. The molecule has 1 amide bonds. The van der Waals surface area contributed by atoms with Gasteiger partial charge in [0, 0.05) is 52.1 Å². The van der Waals surface area contributed by atoms with E-state index in [1.807, 2.05) is 12.1 Å². The van der Waals surface area contributed by atoms with E-state index in [1.165, 1.54) is 83.5 Å². The molecule has 2 N–H and O–H groups in total.